The van der Waals surface area contributed by atoms with Crippen LogP contribution in [0.1, 0.15) is 69.9 Å². The quantitative estimate of drug-likeness (QED) is 0.215. The molecule has 0 saturated carbocycles. The van der Waals surface area contributed by atoms with Crippen molar-refractivity contribution >= 4 is 19.2 Å². The SMILES string of the molecule is CCCCC(CCCC)(c1ccc(NC(=O)CCc2cnoc2-c2ccc(F)cc2)cc1)P(=O)(O)O. The fourth-order valence-electron chi connectivity index (χ4n) is 4.42. The second-order valence-electron chi connectivity index (χ2n) is 9.10. The summed E-state index contributed by atoms with van der Waals surface area (Å²) in [5.74, 6) is -0.0636. The first-order valence-electron chi connectivity index (χ1n) is 12.4. The molecule has 7 nitrogen and oxygen atoms in total. The van der Waals surface area contributed by atoms with Gasteiger partial charge in [-0.3, -0.25) is 9.36 Å². The highest BCUT2D eigenvalue weighted by atomic mass is 31.2. The van der Waals surface area contributed by atoms with E-state index >= 15 is 0 Å². The molecule has 0 saturated heterocycles. The summed E-state index contributed by atoms with van der Waals surface area (Å²) in [6.07, 6.45) is 6.06. The molecule has 0 radical (unpaired) electrons. The summed E-state index contributed by atoms with van der Waals surface area (Å²) in [7, 11) is -4.43. The second-order valence-corrected chi connectivity index (χ2v) is 11.0. The number of hydrogen-bond acceptors (Lipinski definition) is 4. The number of unbranched alkanes of at least 4 members (excludes halogenated alkanes) is 2. The smallest absolute Gasteiger partial charge is 0.335 e. The van der Waals surface area contributed by atoms with Crippen molar-refractivity contribution < 1.29 is 28.1 Å². The number of aryl methyl sites for hydroxylation is 1. The van der Waals surface area contributed by atoms with Crippen molar-refractivity contribution in [1.82, 2.24) is 5.16 Å². The van der Waals surface area contributed by atoms with Gasteiger partial charge in [0.05, 0.1) is 11.4 Å². The van der Waals surface area contributed by atoms with Crippen LogP contribution in [-0.4, -0.2) is 20.9 Å². The standard InChI is InChI=1S/C27H34FN2O5P/c1-3-5-17-27(18-6-4-2,36(32,33)34)22-10-14-24(15-11-22)30-25(31)16-9-21-19-29-35-26(21)20-7-12-23(28)13-8-20/h7-8,10-15,19H,3-6,9,16-18H2,1-2H3,(H,30,31)(H2,32,33,34). The van der Waals surface area contributed by atoms with E-state index in [1.807, 2.05) is 13.8 Å². The number of halogens is 1. The maximum Gasteiger partial charge on any atom is 0.335 e. The topological polar surface area (TPSA) is 113 Å². The molecule has 3 aromatic rings. The molecule has 0 spiro atoms. The fraction of sp³-hybridized carbons (Fsp3) is 0.407. The Labute approximate surface area is 211 Å². The molecule has 0 fully saturated rings. The molecule has 3 rings (SSSR count). The zero-order valence-electron chi connectivity index (χ0n) is 20.7. The van der Waals surface area contributed by atoms with Gasteiger partial charge in [-0.25, -0.2) is 4.39 Å². The van der Waals surface area contributed by atoms with Gasteiger partial charge in [-0.2, -0.15) is 0 Å². The van der Waals surface area contributed by atoms with Gasteiger partial charge in [0.25, 0.3) is 0 Å². The molecule has 1 amide bonds. The first-order valence-corrected chi connectivity index (χ1v) is 14.0. The third-order valence-electron chi connectivity index (χ3n) is 6.52. The molecular formula is C27H34FN2O5P. The number of rotatable bonds is 13. The third kappa shape index (κ3) is 6.69. The van der Waals surface area contributed by atoms with Gasteiger partial charge in [-0.1, -0.05) is 56.8 Å². The van der Waals surface area contributed by atoms with Crippen molar-refractivity contribution in [2.75, 3.05) is 5.32 Å². The van der Waals surface area contributed by atoms with E-state index in [-0.39, 0.29) is 18.1 Å². The minimum absolute atomic E-state index is 0.177. The van der Waals surface area contributed by atoms with Crippen LogP contribution in [0, 0.1) is 5.82 Å². The Morgan fingerprint density at radius 1 is 1.03 bits per heavy atom. The van der Waals surface area contributed by atoms with Gasteiger partial charge in [-0.15, -0.1) is 0 Å². The first-order chi connectivity index (χ1) is 17.2. The highest BCUT2D eigenvalue weighted by molar-refractivity contribution is 7.53. The molecule has 2 aromatic carbocycles. The van der Waals surface area contributed by atoms with Gasteiger partial charge >= 0.3 is 7.60 Å². The maximum absolute atomic E-state index is 13.2. The molecule has 0 atom stereocenters. The summed E-state index contributed by atoms with van der Waals surface area (Å²) in [6.45, 7) is 4.01. The number of hydrogen-bond donors (Lipinski definition) is 3. The van der Waals surface area contributed by atoms with E-state index in [0.29, 0.717) is 41.8 Å². The number of nitrogens with zero attached hydrogens (tertiary/aromatic N) is 1. The lowest BCUT2D eigenvalue weighted by Gasteiger charge is -2.35. The van der Waals surface area contributed by atoms with Gasteiger partial charge in [0, 0.05) is 23.2 Å². The van der Waals surface area contributed by atoms with Crippen LogP contribution in [0.15, 0.2) is 59.3 Å². The predicted octanol–water partition coefficient (Wildman–Crippen LogP) is 6.81. The molecule has 1 aromatic heterocycles. The van der Waals surface area contributed by atoms with Crippen LogP contribution in [0.4, 0.5) is 10.1 Å². The second kappa shape index (κ2) is 12.4. The molecule has 0 unspecified atom stereocenters. The lowest BCUT2D eigenvalue weighted by atomic mass is 9.87. The third-order valence-corrected chi connectivity index (χ3v) is 8.34. The van der Waals surface area contributed by atoms with E-state index in [4.69, 9.17) is 4.52 Å². The number of benzene rings is 2. The van der Waals surface area contributed by atoms with Gasteiger partial charge in [0.2, 0.25) is 5.91 Å². The predicted molar refractivity (Wildman–Crippen MR) is 138 cm³/mol. The maximum atomic E-state index is 13.2. The highest BCUT2D eigenvalue weighted by Gasteiger charge is 2.46. The molecule has 0 aliphatic rings. The molecule has 3 N–H and O–H groups in total. The monoisotopic (exact) mass is 516 g/mol. The summed E-state index contributed by atoms with van der Waals surface area (Å²) in [6, 6.07) is 12.7. The van der Waals surface area contributed by atoms with E-state index in [0.717, 1.165) is 31.2 Å². The van der Waals surface area contributed by atoms with Crippen LogP contribution in [0.25, 0.3) is 11.3 Å². The largest absolute Gasteiger partial charge is 0.356 e. The summed E-state index contributed by atoms with van der Waals surface area (Å²) < 4.78 is 31.2. The Kier molecular flexibility index (Phi) is 9.60. The molecule has 36 heavy (non-hydrogen) atoms. The number of carbonyl (C=O) groups is 1. The summed E-state index contributed by atoms with van der Waals surface area (Å²) in [4.78, 5) is 33.3. The number of carbonyl (C=O) groups excluding carboxylic acids is 1. The molecule has 0 aliphatic heterocycles. The molecule has 0 bridgehead atoms. The van der Waals surface area contributed by atoms with Crippen LogP contribution >= 0.6 is 7.60 Å². The van der Waals surface area contributed by atoms with Gasteiger partial charge < -0.3 is 19.6 Å². The molecule has 1 heterocycles. The Morgan fingerprint density at radius 2 is 1.64 bits per heavy atom. The van der Waals surface area contributed by atoms with E-state index in [2.05, 4.69) is 10.5 Å². The number of aromatic nitrogens is 1. The molecule has 194 valence electrons. The normalized spacial score (nSPS) is 12.0. The van der Waals surface area contributed by atoms with Crippen LogP contribution in [0.5, 0.6) is 0 Å². The van der Waals surface area contributed by atoms with Crippen LogP contribution in [0.2, 0.25) is 0 Å². The average Bonchev–Trinajstić information content (AvgIpc) is 3.32. The Bertz CT molecular complexity index is 1160. The van der Waals surface area contributed by atoms with Crippen LogP contribution in [-0.2, 0) is 20.9 Å². The van der Waals surface area contributed by atoms with Crippen molar-refractivity contribution in [3.63, 3.8) is 0 Å². The van der Waals surface area contributed by atoms with Crippen molar-refractivity contribution in [2.24, 2.45) is 0 Å². The molecule has 0 aliphatic carbocycles. The Balaban J connectivity index is 1.68. The van der Waals surface area contributed by atoms with E-state index in [1.165, 1.54) is 12.1 Å². The number of anilines is 1. The van der Waals surface area contributed by atoms with Crippen molar-refractivity contribution in [2.45, 2.75) is 70.4 Å². The molecule has 9 heteroatoms. The van der Waals surface area contributed by atoms with Crippen molar-refractivity contribution in [3.05, 3.63) is 71.7 Å². The lowest BCUT2D eigenvalue weighted by molar-refractivity contribution is -0.116. The highest BCUT2D eigenvalue weighted by Crippen LogP contribution is 2.62. The van der Waals surface area contributed by atoms with E-state index in [9.17, 15) is 23.5 Å². The van der Waals surface area contributed by atoms with E-state index < -0.39 is 12.8 Å². The number of nitrogens with one attached hydrogen (secondary N) is 1. The van der Waals surface area contributed by atoms with Gasteiger partial charge in [0.15, 0.2) is 5.76 Å². The zero-order valence-corrected chi connectivity index (χ0v) is 21.6. The van der Waals surface area contributed by atoms with Crippen molar-refractivity contribution in [1.29, 1.82) is 0 Å². The Hall–Kier alpha value is -2.80. The average molecular weight is 517 g/mol. The summed E-state index contributed by atoms with van der Waals surface area (Å²) >= 11 is 0. The van der Waals surface area contributed by atoms with Crippen LogP contribution < -0.4 is 5.32 Å². The Morgan fingerprint density at radius 3 is 2.19 bits per heavy atom. The first kappa shape index (κ1) is 27.8. The number of amides is 1. The summed E-state index contributed by atoms with van der Waals surface area (Å²) in [5, 5.41) is 5.44. The van der Waals surface area contributed by atoms with Crippen LogP contribution in [0.3, 0.4) is 0 Å². The minimum atomic E-state index is -4.43. The summed E-state index contributed by atoms with van der Waals surface area (Å²) in [5.41, 5.74) is 2.58. The fourth-order valence-corrected chi connectivity index (χ4v) is 5.81. The van der Waals surface area contributed by atoms with Gasteiger partial charge in [-0.05, 0) is 61.2 Å². The van der Waals surface area contributed by atoms with Crippen molar-refractivity contribution in [3.8, 4) is 11.3 Å². The lowest BCUT2D eigenvalue weighted by Crippen LogP contribution is -2.26. The van der Waals surface area contributed by atoms with E-state index in [1.54, 1.807) is 42.6 Å². The zero-order chi connectivity index (χ0) is 26.2. The van der Waals surface area contributed by atoms with Gasteiger partial charge in [0.1, 0.15) is 5.82 Å². The molecular weight excluding hydrogens is 482 g/mol. The minimum Gasteiger partial charge on any atom is -0.356 e.